The van der Waals surface area contributed by atoms with E-state index in [1.54, 1.807) is 9.80 Å². The van der Waals surface area contributed by atoms with Crippen LogP contribution in [0.4, 0.5) is 27.8 Å². The zero-order chi connectivity index (χ0) is 32.8. The van der Waals surface area contributed by atoms with Crippen LogP contribution in [-0.4, -0.2) is 83.2 Å². The average molecular weight is 624 g/mol. The molecule has 1 aliphatic carbocycles. The summed E-state index contributed by atoms with van der Waals surface area (Å²) in [5.41, 5.74) is -2.21. The van der Waals surface area contributed by atoms with Crippen molar-refractivity contribution >= 4 is 27.5 Å². The largest absolute Gasteiger partial charge is 0.461 e. The van der Waals surface area contributed by atoms with E-state index >= 15 is 4.39 Å². The van der Waals surface area contributed by atoms with E-state index in [4.69, 9.17) is 18.6 Å². The van der Waals surface area contributed by atoms with Gasteiger partial charge in [0.2, 0.25) is 0 Å². The number of halogens is 5. The van der Waals surface area contributed by atoms with Gasteiger partial charge in [0.15, 0.2) is 17.5 Å². The van der Waals surface area contributed by atoms with E-state index in [0.717, 1.165) is 6.07 Å². The van der Waals surface area contributed by atoms with Crippen LogP contribution in [0.25, 0.3) is 32.9 Å². The fourth-order valence-electron chi connectivity index (χ4n) is 7.29. The Bertz CT molecular complexity index is 2000. The van der Waals surface area contributed by atoms with Crippen molar-refractivity contribution in [1.29, 1.82) is 0 Å². The first kappa shape index (κ1) is 26.2. The van der Waals surface area contributed by atoms with Crippen LogP contribution >= 0.6 is 0 Å². The number of fused-ring (bicyclic) bond motifs is 4. The zero-order valence-electron chi connectivity index (χ0n) is 25.9. The maximum Gasteiger partial charge on any atom is 0.319 e. The number of benzene rings is 2. The third kappa shape index (κ3) is 4.42. The van der Waals surface area contributed by atoms with Crippen molar-refractivity contribution in [2.75, 3.05) is 44.3 Å². The summed E-state index contributed by atoms with van der Waals surface area (Å²) in [5.74, 6) is -1.61. The first-order valence-corrected chi connectivity index (χ1v) is 14.8. The third-order valence-corrected chi connectivity index (χ3v) is 9.49. The zero-order valence-corrected chi connectivity index (χ0v) is 23.9. The third-order valence-electron chi connectivity index (χ3n) is 9.49. The van der Waals surface area contributed by atoms with E-state index in [9.17, 15) is 17.6 Å². The van der Waals surface area contributed by atoms with E-state index in [0.29, 0.717) is 19.4 Å². The fraction of sp³-hybridized carbons (Fsp3) is 0.424. The number of hydrogen-bond donors (Lipinski definition) is 0. The minimum Gasteiger partial charge on any atom is -0.461 e. The van der Waals surface area contributed by atoms with Crippen molar-refractivity contribution in [1.82, 2.24) is 19.9 Å². The summed E-state index contributed by atoms with van der Waals surface area (Å²) in [6.07, 6.45) is 5.29. The molecule has 0 bridgehead atoms. The van der Waals surface area contributed by atoms with E-state index < -0.39 is 65.4 Å². The molecule has 2 aromatic carbocycles. The van der Waals surface area contributed by atoms with Crippen molar-refractivity contribution in [3.63, 3.8) is 0 Å². The van der Waals surface area contributed by atoms with Crippen molar-refractivity contribution in [2.45, 2.75) is 43.2 Å². The summed E-state index contributed by atoms with van der Waals surface area (Å²) in [4.78, 5) is 16.5. The monoisotopic (exact) mass is 623 g/mol. The Labute approximate surface area is 258 Å². The van der Waals surface area contributed by atoms with Gasteiger partial charge in [0.1, 0.15) is 35.9 Å². The average Bonchev–Trinajstić information content (AvgIpc) is 3.39. The Morgan fingerprint density at radius 1 is 1.18 bits per heavy atom. The number of terminal acetylenes is 1. The van der Waals surface area contributed by atoms with Crippen molar-refractivity contribution in [2.24, 2.45) is 5.92 Å². The summed E-state index contributed by atoms with van der Waals surface area (Å²) in [5, 5.41) is 0.381. The molecule has 0 N–H and O–H groups in total. The lowest BCUT2D eigenvalue weighted by molar-refractivity contribution is 0.107. The highest BCUT2D eigenvalue weighted by Crippen LogP contribution is 2.45. The molecule has 4 aromatic rings. The van der Waals surface area contributed by atoms with Gasteiger partial charge in [-0.1, -0.05) is 24.1 Å². The fourth-order valence-corrected chi connectivity index (χ4v) is 7.29. The molecule has 4 aliphatic rings. The molecule has 0 amide bonds. The van der Waals surface area contributed by atoms with E-state index in [2.05, 4.69) is 20.9 Å². The van der Waals surface area contributed by atoms with Gasteiger partial charge < -0.3 is 14.4 Å². The van der Waals surface area contributed by atoms with Crippen LogP contribution in [0, 0.1) is 35.7 Å². The molecule has 0 spiro atoms. The summed E-state index contributed by atoms with van der Waals surface area (Å²) >= 11 is 0. The first-order valence-electron chi connectivity index (χ1n) is 15.8. The Morgan fingerprint density at radius 2 is 2.04 bits per heavy atom. The second-order valence-corrected chi connectivity index (χ2v) is 12.1. The molecule has 4 fully saturated rings. The van der Waals surface area contributed by atoms with Gasteiger partial charge in [-0.2, -0.15) is 9.97 Å². The standard InChI is InChI=1S/C33H28F5N5O2/c1-2-19-24-17(11-23(35)25(19)36)5-3-6-20(24)28-27(38)29-21(13-39-28)31(43-9-10-44-15-22-26(37)30(22)43)41-32(40-29)45-16-33-7-4-8-42(33)14-18(34)12-33/h1,3,5-6,11,13,18,22,26,30H,4,7-10,12,14-16H2/t18-,22+,26+,30+,33+/m1/s1/i16D2. The molecule has 0 unspecified atom stereocenters. The number of pyridine rings is 1. The van der Waals surface area contributed by atoms with Crippen molar-refractivity contribution in [3.8, 4) is 29.6 Å². The van der Waals surface area contributed by atoms with Gasteiger partial charge in [0.25, 0.3) is 0 Å². The SMILES string of the molecule is [2H]C([2H])(Oc1nc(N2CCOC[C@H]3[C@H](F)[C@H]32)c2cnc(-c3cccc4cc(F)c(F)c(C#C)c34)c(F)c2n1)[C@@]12CCCN1C[C@H](F)C2. The molecule has 3 saturated heterocycles. The van der Waals surface area contributed by atoms with Crippen LogP contribution < -0.4 is 9.64 Å². The number of aromatic nitrogens is 3. The predicted octanol–water partition coefficient (Wildman–Crippen LogP) is 5.37. The Morgan fingerprint density at radius 3 is 2.89 bits per heavy atom. The molecule has 7 nitrogen and oxygen atoms in total. The van der Waals surface area contributed by atoms with Crippen LogP contribution in [0.3, 0.4) is 0 Å². The second kappa shape index (κ2) is 10.5. The first-order chi connectivity index (χ1) is 22.5. The molecule has 2 aromatic heterocycles. The minimum absolute atomic E-state index is 0.0648. The molecule has 5 heterocycles. The molecule has 12 heteroatoms. The maximum atomic E-state index is 16.8. The molecular formula is C33H28F5N5O2. The molecule has 0 radical (unpaired) electrons. The van der Waals surface area contributed by atoms with Gasteiger partial charge >= 0.3 is 6.01 Å². The lowest BCUT2D eigenvalue weighted by Gasteiger charge is -2.31. The normalized spacial score (nSPS) is 28.8. The molecule has 8 rings (SSSR count). The molecule has 232 valence electrons. The highest BCUT2D eigenvalue weighted by molar-refractivity contribution is 6.02. The Kier molecular flexibility index (Phi) is 6.10. The lowest BCUT2D eigenvalue weighted by atomic mass is 9.95. The molecule has 5 atom stereocenters. The van der Waals surface area contributed by atoms with Crippen LogP contribution in [-0.2, 0) is 4.74 Å². The topological polar surface area (TPSA) is 63.6 Å². The molecule has 3 aliphatic heterocycles. The van der Waals surface area contributed by atoms with Crippen LogP contribution in [0.15, 0.2) is 30.5 Å². The molecular weight excluding hydrogens is 593 g/mol. The smallest absolute Gasteiger partial charge is 0.319 e. The summed E-state index contributed by atoms with van der Waals surface area (Å²) in [7, 11) is 0. The van der Waals surface area contributed by atoms with Gasteiger partial charge in [0.05, 0.1) is 38.5 Å². The summed E-state index contributed by atoms with van der Waals surface area (Å²) in [6.45, 7) is -1.27. The molecule has 1 saturated carbocycles. The lowest BCUT2D eigenvalue weighted by Crippen LogP contribution is -2.43. The molecule has 45 heavy (non-hydrogen) atoms. The number of rotatable bonds is 5. The highest BCUT2D eigenvalue weighted by atomic mass is 19.2. The van der Waals surface area contributed by atoms with Gasteiger partial charge in [0, 0.05) is 42.6 Å². The van der Waals surface area contributed by atoms with Crippen molar-refractivity contribution < 1.29 is 34.2 Å². The van der Waals surface area contributed by atoms with Gasteiger partial charge in [-0.3, -0.25) is 9.88 Å². The number of alkyl halides is 2. The Balaban J connectivity index is 1.32. The number of anilines is 1. The van der Waals surface area contributed by atoms with E-state index in [-0.39, 0.29) is 71.5 Å². The van der Waals surface area contributed by atoms with E-state index in [1.165, 1.54) is 24.4 Å². The van der Waals surface area contributed by atoms with Crippen molar-refractivity contribution in [3.05, 3.63) is 53.5 Å². The number of hydrogen-bond acceptors (Lipinski definition) is 7. The number of ether oxygens (including phenoxy) is 2. The van der Waals surface area contributed by atoms with Gasteiger partial charge in [-0.25, -0.2) is 22.0 Å². The predicted molar refractivity (Wildman–Crippen MR) is 157 cm³/mol. The van der Waals surface area contributed by atoms with Crippen LogP contribution in [0.1, 0.15) is 27.6 Å². The summed E-state index contributed by atoms with van der Waals surface area (Å²) < 4.78 is 105. The Hall–Kier alpha value is -4.08. The summed E-state index contributed by atoms with van der Waals surface area (Å²) in [6, 6.07) is 4.31. The number of nitrogens with zero attached hydrogens (tertiary/aromatic N) is 5. The van der Waals surface area contributed by atoms with Gasteiger partial charge in [-0.05, 0) is 30.8 Å². The quantitative estimate of drug-likeness (QED) is 0.219. The second-order valence-electron chi connectivity index (χ2n) is 12.1. The maximum absolute atomic E-state index is 16.8. The van der Waals surface area contributed by atoms with Crippen LogP contribution in [0.5, 0.6) is 6.01 Å². The van der Waals surface area contributed by atoms with Gasteiger partial charge in [-0.15, -0.1) is 6.42 Å². The van der Waals surface area contributed by atoms with Crippen LogP contribution in [0.2, 0.25) is 0 Å². The van der Waals surface area contributed by atoms with E-state index in [1.807, 2.05) is 0 Å². The highest BCUT2D eigenvalue weighted by Gasteiger charge is 2.56. The minimum atomic E-state index is -2.48.